The van der Waals surface area contributed by atoms with E-state index in [1.54, 1.807) is 6.92 Å². The zero-order valence-corrected chi connectivity index (χ0v) is 23.3. The Kier molecular flexibility index (Phi) is 7.29. The smallest absolute Gasteiger partial charge is 0.353 e. The number of hydrogen-bond acceptors (Lipinski definition) is 10. The van der Waals surface area contributed by atoms with Gasteiger partial charge in [-0.1, -0.05) is 6.92 Å². The Balaban J connectivity index is 1.10. The number of tetrazole rings is 1. The van der Waals surface area contributed by atoms with Gasteiger partial charge in [-0.3, -0.25) is 14.4 Å². The number of aliphatic carboxylic acids is 1. The summed E-state index contributed by atoms with van der Waals surface area (Å²) in [6, 6.07) is -0.489. The number of fused-ring (bicyclic) bond motifs is 2. The third-order valence-corrected chi connectivity index (χ3v) is 10.5. The summed E-state index contributed by atoms with van der Waals surface area (Å²) in [7, 11) is 0. The number of carbonyl (C=O) groups excluding carboxylic acids is 3. The van der Waals surface area contributed by atoms with Crippen LogP contribution >= 0.6 is 11.8 Å². The van der Waals surface area contributed by atoms with Crippen molar-refractivity contribution in [1.82, 2.24) is 46.0 Å². The van der Waals surface area contributed by atoms with Gasteiger partial charge in [-0.25, -0.2) is 9.48 Å². The van der Waals surface area contributed by atoms with Crippen LogP contribution in [-0.4, -0.2) is 114 Å². The van der Waals surface area contributed by atoms with E-state index in [0.29, 0.717) is 23.9 Å². The standard InChI is InChI=1S/C25H35N9O5S/c1-12-20-19(13(2)29-18(35)10-32-11-28-30-31-32)24(37)34(20)21(25(38)39)22(12)40-14-8-16(27-9-14)23(36)33-7-5-15-17(33)4-3-6-26-15/h11-17,19-20,26-27H,3-10H2,1-2H3,(H,29,35)(H,38,39)/t12-,13?,14+,15?,16+,17?,19-,20-/m1/s1. The summed E-state index contributed by atoms with van der Waals surface area (Å²) < 4.78 is 1.29. The molecular weight excluding hydrogens is 538 g/mol. The molecule has 1 aromatic heterocycles. The first kappa shape index (κ1) is 27.1. The van der Waals surface area contributed by atoms with E-state index in [9.17, 15) is 24.3 Å². The number of piperidine rings is 1. The number of carboxylic acid groups (broad SMARTS) is 1. The van der Waals surface area contributed by atoms with Gasteiger partial charge < -0.3 is 30.9 Å². The van der Waals surface area contributed by atoms with Crippen molar-refractivity contribution < 1.29 is 24.3 Å². The van der Waals surface area contributed by atoms with Crippen LogP contribution < -0.4 is 16.0 Å². The van der Waals surface area contributed by atoms with Crippen LogP contribution in [0.3, 0.4) is 0 Å². The number of thioether (sulfide) groups is 1. The summed E-state index contributed by atoms with van der Waals surface area (Å²) >= 11 is 1.47. The number of rotatable bonds is 8. The Bertz CT molecular complexity index is 1230. The van der Waals surface area contributed by atoms with E-state index in [0.717, 1.165) is 32.4 Å². The molecule has 5 aliphatic heterocycles. The molecule has 4 saturated heterocycles. The predicted molar refractivity (Wildman–Crippen MR) is 142 cm³/mol. The summed E-state index contributed by atoms with van der Waals surface area (Å²) in [6.07, 6.45) is 5.03. The lowest BCUT2D eigenvalue weighted by Gasteiger charge is -2.47. The number of carboxylic acids is 1. The van der Waals surface area contributed by atoms with E-state index in [4.69, 9.17) is 0 Å². The summed E-state index contributed by atoms with van der Waals surface area (Å²) in [5.41, 5.74) is 0.0291. The minimum Gasteiger partial charge on any atom is -0.477 e. The normalized spacial score (nSPS) is 34.0. The number of likely N-dealkylation sites (tertiary alicyclic amines) is 1. The molecule has 0 aliphatic carbocycles. The number of nitrogens with one attached hydrogen (secondary N) is 3. The summed E-state index contributed by atoms with van der Waals surface area (Å²) in [5.74, 6) is -2.38. The fourth-order valence-electron chi connectivity index (χ4n) is 7.17. The molecule has 216 valence electrons. The average Bonchev–Trinajstić information content (AvgIpc) is 3.71. The molecule has 0 bridgehead atoms. The van der Waals surface area contributed by atoms with E-state index in [1.165, 1.54) is 27.7 Å². The van der Waals surface area contributed by atoms with Crippen LogP contribution in [0.4, 0.5) is 0 Å². The molecule has 15 heteroatoms. The zero-order chi connectivity index (χ0) is 28.1. The molecule has 6 rings (SSSR count). The lowest BCUT2D eigenvalue weighted by atomic mass is 9.78. The number of nitrogens with zero attached hydrogens (tertiary/aromatic N) is 6. The Morgan fingerprint density at radius 1 is 1.27 bits per heavy atom. The first-order valence-electron chi connectivity index (χ1n) is 14.0. The highest BCUT2D eigenvalue weighted by Gasteiger charge is 2.60. The van der Waals surface area contributed by atoms with Gasteiger partial charge in [0, 0.05) is 47.3 Å². The molecule has 1 aromatic rings. The molecule has 0 radical (unpaired) electrons. The Labute approximate surface area is 235 Å². The second-order valence-electron chi connectivity index (χ2n) is 11.4. The molecule has 3 amide bonds. The van der Waals surface area contributed by atoms with Gasteiger partial charge in [0.15, 0.2) is 0 Å². The molecule has 0 spiro atoms. The first-order chi connectivity index (χ1) is 19.2. The SMILES string of the molecule is CC(NC(=O)Cn1cnnn1)[C@H]1C(=O)N2C(C(=O)O)=C(S[C@@H]3CN[C@H](C(=O)N4CCC5NCCCC54)C3)[C@H](C)[C@H]12. The Morgan fingerprint density at radius 3 is 2.85 bits per heavy atom. The van der Waals surface area contributed by atoms with Crippen molar-refractivity contribution in [2.45, 2.75) is 81.5 Å². The van der Waals surface area contributed by atoms with E-state index in [2.05, 4.69) is 31.5 Å². The van der Waals surface area contributed by atoms with Gasteiger partial charge in [0.2, 0.25) is 17.7 Å². The van der Waals surface area contributed by atoms with Gasteiger partial charge in [0.25, 0.3) is 0 Å². The number of amides is 3. The molecule has 14 nitrogen and oxygen atoms in total. The van der Waals surface area contributed by atoms with Crippen molar-refractivity contribution in [3.63, 3.8) is 0 Å². The minimum absolute atomic E-state index is 0.0179. The first-order valence-corrected chi connectivity index (χ1v) is 14.9. The van der Waals surface area contributed by atoms with Crippen LogP contribution in [0.25, 0.3) is 0 Å². The van der Waals surface area contributed by atoms with Crippen LogP contribution in [0.15, 0.2) is 16.9 Å². The van der Waals surface area contributed by atoms with Crippen molar-refractivity contribution >= 4 is 35.5 Å². The lowest BCUT2D eigenvalue weighted by molar-refractivity contribution is -0.158. The maximum Gasteiger partial charge on any atom is 0.353 e. The second kappa shape index (κ2) is 10.7. The Hall–Kier alpha value is -3.04. The van der Waals surface area contributed by atoms with Gasteiger partial charge in [-0.15, -0.1) is 16.9 Å². The predicted octanol–water partition coefficient (Wildman–Crippen LogP) is -1.23. The zero-order valence-electron chi connectivity index (χ0n) is 22.5. The highest BCUT2D eigenvalue weighted by atomic mass is 32.2. The topological polar surface area (TPSA) is 175 Å². The third-order valence-electron chi connectivity index (χ3n) is 9.01. The number of carbonyl (C=O) groups is 4. The highest BCUT2D eigenvalue weighted by Crippen LogP contribution is 2.52. The molecule has 8 atom stereocenters. The molecular formula is C25H35N9O5S. The van der Waals surface area contributed by atoms with Crippen LogP contribution in [0.2, 0.25) is 0 Å². The molecule has 4 N–H and O–H groups in total. The molecule has 4 fully saturated rings. The summed E-state index contributed by atoms with van der Waals surface area (Å²) in [4.78, 5) is 55.5. The van der Waals surface area contributed by atoms with Gasteiger partial charge in [0.05, 0.1) is 18.0 Å². The van der Waals surface area contributed by atoms with Crippen LogP contribution in [-0.2, 0) is 25.7 Å². The lowest BCUT2D eigenvalue weighted by Crippen LogP contribution is -2.66. The van der Waals surface area contributed by atoms with Crippen molar-refractivity contribution in [1.29, 1.82) is 0 Å². The van der Waals surface area contributed by atoms with Crippen molar-refractivity contribution in [3.8, 4) is 0 Å². The average molecular weight is 574 g/mol. The van der Waals surface area contributed by atoms with Crippen LogP contribution in [0.5, 0.6) is 0 Å². The highest BCUT2D eigenvalue weighted by molar-refractivity contribution is 8.03. The van der Waals surface area contributed by atoms with Crippen molar-refractivity contribution in [2.24, 2.45) is 11.8 Å². The fourth-order valence-corrected chi connectivity index (χ4v) is 8.65. The number of hydrogen-bond donors (Lipinski definition) is 4. The summed E-state index contributed by atoms with van der Waals surface area (Å²) in [5, 5.41) is 30.6. The van der Waals surface area contributed by atoms with E-state index < -0.39 is 17.9 Å². The quantitative estimate of drug-likeness (QED) is 0.274. The largest absolute Gasteiger partial charge is 0.477 e. The van der Waals surface area contributed by atoms with E-state index >= 15 is 0 Å². The molecule has 3 unspecified atom stereocenters. The maximum absolute atomic E-state index is 13.4. The molecule has 0 saturated carbocycles. The van der Waals surface area contributed by atoms with Gasteiger partial charge >= 0.3 is 5.97 Å². The van der Waals surface area contributed by atoms with E-state index in [1.807, 2.05) is 11.8 Å². The van der Waals surface area contributed by atoms with Gasteiger partial charge in [-0.2, -0.15) is 0 Å². The summed E-state index contributed by atoms with van der Waals surface area (Å²) in [6.45, 7) is 6.00. The molecule has 0 aromatic carbocycles. The number of β-lactam (4-membered cyclic amide) rings is 1. The van der Waals surface area contributed by atoms with Crippen LogP contribution in [0.1, 0.15) is 39.5 Å². The second-order valence-corrected chi connectivity index (χ2v) is 12.8. The Morgan fingerprint density at radius 2 is 2.10 bits per heavy atom. The molecule has 5 aliphatic rings. The van der Waals surface area contributed by atoms with Crippen LogP contribution in [0, 0.1) is 11.8 Å². The molecule has 40 heavy (non-hydrogen) atoms. The monoisotopic (exact) mass is 573 g/mol. The van der Waals surface area contributed by atoms with Gasteiger partial charge in [0.1, 0.15) is 18.6 Å². The van der Waals surface area contributed by atoms with E-state index in [-0.39, 0.29) is 59.3 Å². The number of aromatic nitrogens is 4. The van der Waals surface area contributed by atoms with Crippen molar-refractivity contribution in [2.75, 3.05) is 19.6 Å². The van der Waals surface area contributed by atoms with Gasteiger partial charge in [-0.05, 0) is 49.6 Å². The molecule has 6 heterocycles. The maximum atomic E-state index is 13.4. The fraction of sp³-hybridized carbons (Fsp3) is 0.720. The third kappa shape index (κ3) is 4.67. The minimum atomic E-state index is -1.13. The van der Waals surface area contributed by atoms with Crippen molar-refractivity contribution in [3.05, 3.63) is 16.9 Å².